The molecule has 1 rings (SSSR count). The van der Waals surface area contributed by atoms with Gasteiger partial charge in [0, 0.05) is 13.1 Å². The molecule has 1 aliphatic rings. The Morgan fingerprint density at radius 2 is 1.79 bits per heavy atom. The lowest BCUT2D eigenvalue weighted by molar-refractivity contribution is 0.194. The van der Waals surface area contributed by atoms with Gasteiger partial charge in [0.25, 0.3) is 0 Å². The summed E-state index contributed by atoms with van der Waals surface area (Å²) in [6, 6.07) is 0. The van der Waals surface area contributed by atoms with Gasteiger partial charge in [-0.15, -0.1) is 0 Å². The highest BCUT2D eigenvalue weighted by atomic mass is 15.2. The third-order valence-corrected chi connectivity index (χ3v) is 4.58. The van der Waals surface area contributed by atoms with Crippen molar-refractivity contribution in [3.8, 4) is 0 Å². The molecule has 1 fully saturated rings. The van der Waals surface area contributed by atoms with Crippen LogP contribution in [0.4, 0.5) is 0 Å². The van der Waals surface area contributed by atoms with E-state index in [9.17, 15) is 0 Å². The SMILES string of the molecule is CN1CCCN(CCCC(CCN)C(C)(C)C)CC1. The summed E-state index contributed by atoms with van der Waals surface area (Å²) in [6.45, 7) is 14.2. The van der Waals surface area contributed by atoms with Gasteiger partial charge in [-0.3, -0.25) is 0 Å². The molecule has 0 saturated carbocycles. The molecule has 0 aromatic heterocycles. The van der Waals surface area contributed by atoms with Crippen molar-refractivity contribution >= 4 is 0 Å². The zero-order chi connectivity index (χ0) is 14.3. The summed E-state index contributed by atoms with van der Waals surface area (Å²) in [5, 5.41) is 0. The summed E-state index contributed by atoms with van der Waals surface area (Å²) >= 11 is 0. The molecule has 19 heavy (non-hydrogen) atoms. The third-order valence-electron chi connectivity index (χ3n) is 4.58. The molecule has 0 aromatic rings. The van der Waals surface area contributed by atoms with Crippen LogP contribution in [0.3, 0.4) is 0 Å². The highest BCUT2D eigenvalue weighted by Crippen LogP contribution is 2.32. The fourth-order valence-corrected chi connectivity index (χ4v) is 3.10. The van der Waals surface area contributed by atoms with E-state index in [0.717, 1.165) is 12.5 Å². The smallest absolute Gasteiger partial charge is 0.0109 e. The molecule has 3 nitrogen and oxygen atoms in total. The van der Waals surface area contributed by atoms with Gasteiger partial charge in [-0.1, -0.05) is 20.8 Å². The van der Waals surface area contributed by atoms with E-state index in [1.54, 1.807) is 0 Å². The summed E-state index contributed by atoms with van der Waals surface area (Å²) in [5.74, 6) is 0.771. The fourth-order valence-electron chi connectivity index (χ4n) is 3.10. The van der Waals surface area contributed by atoms with E-state index in [-0.39, 0.29) is 0 Å². The molecule has 1 aliphatic heterocycles. The van der Waals surface area contributed by atoms with E-state index in [4.69, 9.17) is 5.73 Å². The molecule has 0 amide bonds. The maximum atomic E-state index is 5.76. The quantitative estimate of drug-likeness (QED) is 0.804. The van der Waals surface area contributed by atoms with Crippen LogP contribution in [0.1, 0.15) is 46.5 Å². The number of hydrogen-bond donors (Lipinski definition) is 1. The molecule has 0 radical (unpaired) electrons. The minimum Gasteiger partial charge on any atom is -0.330 e. The molecule has 0 aromatic carbocycles. The third kappa shape index (κ3) is 6.73. The Balaban J connectivity index is 2.27. The molecule has 0 spiro atoms. The van der Waals surface area contributed by atoms with Crippen molar-refractivity contribution in [2.45, 2.75) is 46.5 Å². The zero-order valence-electron chi connectivity index (χ0n) is 13.6. The fraction of sp³-hybridized carbons (Fsp3) is 1.00. The lowest BCUT2D eigenvalue weighted by atomic mass is 9.76. The first-order valence-corrected chi connectivity index (χ1v) is 8.04. The van der Waals surface area contributed by atoms with Gasteiger partial charge < -0.3 is 15.5 Å². The van der Waals surface area contributed by atoms with Crippen LogP contribution in [0.15, 0.2) is 0 Å². The second kappa shape index (κ2) is 8.23. The summed E-state index contributed by atoms with van der Waals surface area (Å²) in [7, 11) is 2.24. The van der Waals surface area contributed by atoms with Gasteiger partial charge in [0.05, 0.1) is 0 Å². The van der Waals surface area contributed by atoms with Crippen LogP contribution in [0, 0.1) is 11.3 Å². The summed E-state index contributed by atoms with van der Waals surface area (Å²) in [6.07, 6.45) is 5.15. The number of nitrogens with two attached hydrogens (primary N) is 1. The number of rotatable bonds is 6. The van der Waals surface area contributed by atoms with E-state index >= 15 is 0 Å². The predicted molar refractivity (Wildman–Crippen MR) is 84.4 cm³/mol. The van der Waals surface area contributed by atoms with Crippen LogP contribution in [-0.4, -0.2) is 56.1 Å². The van der Waals surface area contributed by atoms with Crippen molar-refractivity contribution in [3.63, 3.8) is 0 Å². The first kappa shape index (κ1) is 16.9. The van der Waals surface area contributed by atoms with E-state index in [1.807, 2.05) is 0 Å². The number of likely N-dealkylation sites (N-methyl/N-ethyl adjacent to an activating group) is 1. The van der Waals surface area contributed by atoms with Crippen molar-refractivity contribution in [2.24, 2.45) is 17.1 Å². The number of nitrogens with zero attached hydrogens (tertiary/aromatic N) is 2. The molecule has 114 valence electrons. The Morgan fingerprint density at radius 1 is 1.05 bits per heavy atom. The van der Waals surface area contributed by atoms with Gasteiger partial charge in [0.1, 0.15) is 0 Å². The predicted octanol–water partition coefficient (Wildman–Crippen LogP) is 2.42. The average molecular weight is 269 g/mol. The molecule has 1 heterocycles. The Hall–Kier alpha value is -0.120. The Bertz CT molecular complexity index is 235. The van der Waals surface area contributed by atoms with E-state index in [2.05, 4.69) is 37.6 Å². The van der Waals surface area contributed by atoms with Crippen molar-refractivity contribution in [2.75, 3.05) is 46.3 Å². The number of hydrogen-bond acceptors (Lipinski definition) is 3. The minimum absolute atomic E-state index is 0.401. The molecule has 1 unspecified atom stereocenters. The van der Waals surface area contributed by atoms with Gasteiger partial charge >= 0.3 is 0 Å². The van der Waals surface area contributed by atoms with E-state index in [1.165, 1.54) is 58.4 Å². The Kier molecular flexibility index (Phi) is 7.33. The lowest BCUT2D eigenvalue weighted by Gasteiger charge is -2.31. The van der Waals surface area contributed by atoms with Crippen molar-refractivity contribution < 1.29 is 0 Å². The van der Waals surface area contributed by atoms with Crippen LogP contribution in [0.2, 0.25) is 0 Å². The van der Waals surface area contributed by atoms with Gasteiger partial charge in [-0.05, 0) is 70.2 Å². The molecule has 0 aliphatic carbocycles. The van der Waals surface area contributed by atoms with Gasteiger partial charge in [-0.25, -0.2) is 0 Å². The standard InChI is InChI=1S/C16H35N3/c1-16(2,3)15(8-9-17)7-5-11-19-12-6-10-18(4)13-14-19/h15H,5-14,17H2,1-4H3. The summed E-state index contributed by atoms with van der Waals surface area (Å²) < 4.78 is 0. The highest BCUT2D eigenvalue weighted by molar-refractivity contribution is 4.75. The van der Waals surface area contributed by atoms with Gasteiger partial charge in [0.15, 0.2) is 0 Å². The second-order valence-corrected chi connectivity index (χ2v) is 7.28. The van der Waals surface area contributed by atoms with Gasteiger partial charge in [-0.2, -0.15) is 0 Å². The van der Waals surface area contributed by atoms with Crippen molar-refractivity contribution in [1.82, 2.24) is 9.80 Å². The van der Waals surface area contributed by atoms with Crippen LogP contribution in [0.5, 0.6) is 0 Å². The molecule has 1 atom stereocenters. The van der Waals surface area contributed by atoms with Gasteiger partial charge in [0.2, 0.25) is 0 Å². The molecule has 3 heteroatoms. The van der Waals surface area contributed by atoms with Crippen molar-refractivity contribution in [1.29, 1.82) is 0 Å². The Morgan fingerprint density at radius 3 is 2.42 bits per heavy atom. The second-order valence-electron chi connectivity index (χ2n) is 7.28. The van der Waals surface area contributed by atoms with Crippen LogP contribution in [-0.2, 0) is 0 Å². The maximum Gasteiger partial charge on any atom is 0.0109 e. The molecular formula is C16H35N3. The van der Waals surface area contributed by atoms with Crippen LogP contribution < -0.4 is 5.73 Å². The molecule has 0 bridgehead atoms. The highest BCUT2D eigenvalue weighted by Gasteiger charge is 2.23. The first-order chi connectivity index (χ1) is 8.93. The van der Waals surface area contributed by atoms with Crippen LogP contribution in [0.25, 0.3) is 0 Å². The minimum atomic E-state index is 0.401. The zero-order valence-corrected chi connectivity index (χ0v) is 13.6. The average Bonchev–Trinajstić information content (AvgIpc) is 2.52. The van der Waals surface area contributed by atoms with E-state index in [0.29, 0.717) is 5.41 Å². The van der Waals surface area contributed by atoms with E-state index < -0.39 is 0 Å². The normalized spacial score (nSPS) is 21.3. The molecule has 1 saturated heterocycles. The largest absolute Gasteiger partial charge is 0.330 e. The molecular weight excluding hydrogens is 234 g/mol. The monoisotopic (exact) mass is 269 g/mol. The molecule has 2 N–H and O–H groups in total. The summed E-state index contributed by atoms with van der Waals surface area (Å²) in [4.78, 5) is 5.10. The lowest BCUT2D eigenvalue weighted by Crippen LogP contribution is -2.31. The van der Waals surface area contributed by atoms with Crippen LogP contribution >= 0.6 is 0 Å². The first-order valence-electron chi connectivity index (χ1n) is 8.04. The topological polar surface area (TPSA) is 32.5 Å². The van der Waals surface area contributed by atoms with Crippen molar-refractivity contribution in [3.05, 3.63) is 0 Å². The maximum absolute atomic E-state index is 5.76. The Labute approximate surface area is 120 Å². The summed E-state index contributed by atoms with van der Waals surface area (Å²) in [5.41, 5.74) is 6.16.